The van der Waals surface area contributed by atoms with E-state index in [-0.39, 0.29) is 11.3 Å². The van der Waals surface area contributed by atoms with Gasteiger partial charge >= 0.3 is 0 Å². The Bertz CT molecular complexity index is 362. The highest BCUT2D eigenvalue weighted by Crippen LogP contribution is 2.50. The number of fused-ring (bicyclic) bond motifs is 2. The Balaban J connectivity index is 1.57. The third kappa shape index (κ3) is 2.20. The number of rotatable bonds is 4. The third-order valence-electron chi connectivity index (χ3n) is 6.14. The van der Waals surface area contributed by atoms with Crippen LogP contribution in [0.3, 0.4) is 0 Å². The highest BCUT2D eigenvalue weighted by atomic mass is 16.2. The Hall–Kier alpha value is -0.570. The van der Waals surface area contributed by atoms with Crippen LogP contribution in [0.4, 0.5) is 0 Å². The van der Waals surface area contributed by atoms with Crippen molar-refractivity contribution in [1.29, 1.82) is 0 Å². The Morgan fingerprint density at radius 1 is 1.37 bits per heavy atom. The molecule has 3 N–H and O–H groups in total. The predicted octanol–water partition coefficient (Wildman–Crippen LogP) is 2.30. The van der Waals surface area contributed by atoms with Crippen molar-refractivity contribution in [3.8, 4) is 0 Å². The molecule has 2 bridgehead atoms. The number of hydrogen-bond donors (Lipinski definition) is 2. The molecule has 1 amide bonds. The summed E-state index contributed by atoms with van der Waals surface area (Å²) in [7, 11) is 0. The van der Waals surface area contributed by atoms with E-state index in [2.05, 4.69) is 19.2 Å². The molecule has 0 saturated heterocycles. The van der Waals surface area contributed by atoms with Crippen LogP contribution in [0.25, 0.3) is 0 Å². The molecule has 3 aliphatic carbocycles. The van der Waals surface area contributed by atoms with Gasteiger partial charge in [-0.3, -0.25) is 4.79 Å². The van der Waals surface area contributed by atoms with Gasteiger partial charge in [-0.1, -0.05) is 13.3 Å². The molecular formula is C16H28N2O. The van der Waals surface area contributed by atoms with Crippen molar-refractivity contribution in [2.24, 2.45) is 34.8 Å². The Labute approximate surface area is 116 Å². The summed E-state index contributed by atoms with van der Waals surface area (Å²) in [5.74, 6) is 3.42. The summed E-state index contributed by atoms with van der Waals surface area (Å²) in [6, 6.07) is 0.335. The van der Waals surface area contributed by atoms with Gasteiger partial charge in [0.05, 0.1) is 5.41 Å². The average Bonchev–Trinajstić information content (AvgIpc) is 2.96. The van der Waals surface area contributed by atoms with Gasteiger partial charge in [-0.25, -0.2) is 0 Å². The normalized spacial score (nSPS) is 45.8. The minimum absolute atomic E-state index is 0.225. The number of carbonyl (C=O) groups excluding carboxylic acids is 1. The summed E-state index contributed by atoms with van der Waals surface area (Å²) in [6.07, 6.45) is 7.49. The van der Waals surface area contributed by atoms with E-state index >= 15 is 0 Å². The summed E-state index contributed by atoms with van der Waals surface area (Å²) in [4.78, 5) is 12.5. The van der Waals surface area contributed by atoms with E-state index in [4.69, 9.17) is 5.73 Å². The summed E-state index contributed by atoms with van der Waals surface area (Å²) >= 11 is 0. The molecule has 4 atom stereocenters. The van der Waals surface area contributed by atoms with Gasteiger partial charge in [-0.2, -0.15) is 0 Å². The third-order valence-corrected chi connectivity index (χ3v) is 6.14. The molecule has 19 heavy (non-hydrogen) atoms. The van der Waals surface area contributed by atoms with E-state index in [1.54, 1.807) is 0 Å². The summed E-state index contributed by atoms with van der Waals surface area (Å²) in [6.45, 7) is 4.92. The lowest BCUT2D eigenvalue weighted by molar-refractivity contribution is -0.139. The maximum absolute atomic E-state index is 12.5. The number of hydrogen-bond acceptors (Lipinski definition) is 2. The molecule has 3 nitrogen and oxygen atoms in total. The molecule has 3 fully saturated rings. The van der Waals surface area contributed by atoms with Crippen LogP contribution in [0.2, 0.25) is 0 Å². The van der Waals surface area contributed by atoms with E-state index in [1.165, 1.54) is 25.7 Å². The van der Waals surface area contributed by atoms with Crippen molar-refractivity contribution in [2.45, 2.75) is 58.4 Å². The van der Waals surface area contributed by atoms with Gasteiger partial charge in [-0.15, -0.1) is 0 Å². The molecule has 3 saturated carbocycles. The molecule has 0 radical (unpaired) electrons. The SMILES string of the molecule is CC1CC(CN)(C(=O)NC(C)C2CC3CCC2C3)C1. The fourth-order valence-corrected chi connectivity index (χ4v) is 5.09. The predicted molar refractivity (Wildman–Crippen MR) is 76.4 cm³/mol. The van der Waals surface area contributed by atoms with Crippen molar-refractivity contribution < 1.29 is 4.79 Å². The highest BCUT2D eigenvalue weighted by molar-refractivity contribution is 5.84. The van der Waals surface area contributed by atoms with E-state index in [1.807, 2.05) is 0 Å². The molecule has 108 valence electrons. The Morgan fingerprint density at radius 3 is 2.58 bits per heavy atom. The minimum atomic E-state index is -0.245. The zero-order valence-corrected chi connectivity index (χ0v) is 12.3. The van der Waals surface area contributed by atoms with E-state index in [9.17, 15) is 4.79 Å². The van der Waals surface area contributed by atoms with E-state index in [0.29, 0.717) is 18.5 Å². The lowest BCUT2D eigenvalue weighted by Crippen LogP contribution is -2.56. The smallest absolute Gasteiger partial charge is 0.227 e. The Kier molecular flexibility index (Phi) is 3.36. The van der Waals surface area contributed by atoms with Gasteiger partial charge in [0.1, 0.15) is 0 Å². The standard InChI is InChI=1S/C16H28N2O/c1-10-7-16(8-10,9-17)15(19)18-11(2)14-6-12-3-4-13(14)5-12/h10-14H,3-9,17H2,1-2H3,(H,18,19). The van der Waals surface area contributed by atoms with Crippen LogP contribution in [0.1, 0.15) is 52.4 Å². The van der Waals surface area contributed by atoms with Crippen LogP contribution in [0.5, 0.6) is 0 Å². The van der Waals surface area contributed by atoms with Crippen LogP contribution < -0.4 is 11.1 Å². The topological polar surface area (TPSA) is 55.1 Å². The van der Waals surface area contributed by atoms with E-state index < -0.39 is 0 Å². The second-order valence-corrected chi connectivity index (χ2v) is 7.60. The largest absolute Gasteiger partial charge is 0.353 e. The van der Waals surface area contributed by atoms with Gasteiger partial charge in [0.25, 0.3) is 0 Å². The number of amides is 1. The molecule has 3 aliphatic rings. The first-order chi connectivity index (χ1) is 9.04. The minimum Gasteiger partial charge on any atom is -0.353 e. The van der Waals surface area contributed by atoms with Crippen molar-refractivity contribution in [3.63, 3.8) is 0 Å². The lowest BCUT2D eigenvalue weighted by atomic mass is 9.62. The van der Waals surface area contributed by atoms with Gasteiger partial charge < -0.3 is 11.1 Å². The lowest BCUT2D eigenvalue weighted by Gasteiger charge is -2.45. The number of nitrogens with two attached hydrogens (primary N) is 1. The van der Waals surface area contributed by atoms with Crippen LogP contribution >= 0.6 is 0 Å². The van der Waals surface area contributed by atoms with Crippen LogP contribution in [-0.2, 0) is 4.79 Å². The fourth-order valence-electron chi connectivity index (χ4n) is 5.09. The quantitative estimate of drug-likeness (QED) is 0.818. The number of carbonyl (C=O) groups is 1. The van der Waals surface area contributed by atoms with Gasteiger partial charge in [-0.05, 0) is 62.7 Å². The zero-order chi connectivity index (χ0) is 13.6. The summed E-state index contributed by atoms with van der Waals surface area (Å²) in [5.41, 5.74) is 5.62. The van der Waals surface area contributed by atoms with Crippen molar-refractivity contribution in [1.82, 2.24) is 5.32 Å². The van der Waals surface area contributed by atoms with E-state index in [0.717, 1.165) is 30.6 Å². The summed E-state index contributed by atoms with van der Waals surface area (Å²) < 4.78 is 0. The monoisotopic (exact) mass is 264 g/mol. The zero-order valence-electron chi connectivity index (χ0n) is 12.3. The molecule has 0 spiro atoms. The van der Waals surface area contributed by atoms with Crippen LogP contribution in [-0.4, -0.2) is 18.5 Å². The van der Waals surface area contributed by atoms with Crippen LogP contribution in [0, 0.1) is 29.1 Å². The molecule has 0 aromatic rings. The second kappa shape index (κ2) is 4.76. The number of nitrogens with one attached hydrogen (secondary N) is 1. The fraction of sp³-hybridized carbons (Fsp3) is 0.938. The maximum atomic E-state index is 12.5. The molecule has 4 unspecified atom stereocenters. The van der Waals surface area contributed by atoms with Crippen molar-refractivity contribution in [3.05, 3.63) is 0 Å². The van der Waals surface area contributed by atoms with Crippen molar-refractivity contribution >= 4 is 5.91 Å². The highest BCUT2D eigenvalue weighted by Gasteiger charge is 2.48. The van der Waals surface area contributed by atoms with Gasteiger partial charge in [0.2, 0.25) is 5.91 Å². The molecular weight excluding hydrogens is 236 g/mol. The first-order valence-corrected chi connectivity index (χ1v) is 8.05. The molecule has 0 aliphatic heterocycles. The first kappa shape index (κ1) is 13.4. The van der Waals surface area contributed by atoms with Crippen molar-refractivity contribution in [2.75, 3.05) is 6.54 Å². The van der Waals surface area contributed by atoms with Gasteiger partial charge in [0, 0.05) is 12.6 Å². The molecule has 0 aromatic heterocycles. The Morgan fingerprint density at radius 2 is 2.11 bits per heavy atom. The molecule has 3 rings (SSSR count). The molecule has 0 heterocycles. The van der Waals surface area contributed by atoms with Gasteiger partial charge in [0.15, 0.2) is 0 Å². The first-order valence-electron chi connectivity index (χ1n) is 8.05. The van der Waals surface area contributed by atoms with Crippen LogP contribution in [0.15, 0.2) is 0 Å². The second-order valence-electron chi connectivity index (χ2n) is 7.60. The molecule has 3 heteroatoms. The average molecular weight is 264 g/mol. The maximum Gasteiger partial charge on any atom is 0.227 e. The molecule has 0 aromatic carbocycles. The summed E-state index contributed by atoms with van der Waals surface area (Å²) in [5, 5.41) is 3.30.